The third-order valence-corrected chi connectivity index (χ3v) is 6.28. The van der Waals surface area contributed by atoms with Gasteiger partial charge in [-0.25, -0.2) is 9.38 Å². The van der Waals surface area contributed by atoms with Crippen LogP contribution in [0.2, 0.25) is 0 Å². The minimum atomic E-state index is -0.992. The van der Waals surface area contributed by atoms with Crippen molar-refractivity contribution in [3.8, 4) is 5.75 Å². The van der Waals surface area contributed by atoms with Crippen LogP contribution in [0.3, 0.4) is 0 Å². The second kappa shape index (κ2) is 8.95. The molecule has 3 aliphatic heterocycles. The molecule has 2 fully saturated rings. The highest BCUT2D eigenvalue weighted by atomic mass is 35.5. The van der Waals surface area contributed by atoms with Crippen molar-refractivity contribution in [1.29, 1.82) is 5.41 Å². The zero-order chi connectivity index (χ0) is 23.9. The fraction of sp³-hybridized carbons (Fsp3) is 0.364. The Morgan fingerprint density at radius 3 is 2.76 bits per heavy atom. The number of rotatable bonds is 4. The summed E-state index contributed by atoms with van der Waals surface area (Å²) >= 11 is 6.18. The summed E-state index contributed by atoms with van der Waals surface area (Å²) in [4.78, 5) is 30.3. The third kappa shape index (κ3) is 4.62. The number of nitrogens with one attached hydrogen (secondary N) is 3. The smallest absolute Gasteiger partial charge is 0.320 e. The first-order valence-electron chi connectivity index (χ1n) is 10.4. The number of halogens is 2. The lowest BCUT2D eigenvalue weighted by atomic mass is 10.1. The van der Waals surface area contributed by atoms with Crippen LogP contribution in [0, 0.1) is 11.2 Å². The molecule has 2 saturated heterocycles. The quantitative estimate of drug-likeness (QED) is 0.529. The van der Waals surface area contributed by atoms with Crippen LogP contribution in [0.4, 0.5) is 4.39 Å². The molecule has 4 N–H and O–H groups in total. The van der Waals surface area contributed by atoms with Crippen molar-refractivity contribution in [1.82, 2.24) is 15.5 Å². The summed E-state index contributed by atoms with van der Waals surface area (Å²) in [7, 11) is 0. The fourth-order valence-electron chi connectivity index (χ4n) is 3.98. The maximum absolute atomic E-state index is 13.9. The van der Waals surface area contributed by atoms with Crippen molar-refractivity contribution in [2.45, 2.75) is 32.4 Å². The fourth-order valence-corrected chi connectivity index (χ4v) is 4.07. The maximum atomic E-state index is 13.9. The largest absolute Gasteiger partial charge is 0.488 e. The van der Waals surface area contributed by atoms with Gasteiger partial charge in [-0.2, -0.15) is 0 Å². The lowest BCUT2D eigenvalue weighted by Gasteiger charge is -2.20. The highest BCUT2D eigenvalue weighted by Crippen LogP contribution is 2.28. The van der Waals surface area contributed by atoms with Gasteiger partial charge in [-0.05, 0) is 26.0 Å². The molecule has 1 aromatic rings. The highest BCUT2D eigenvalue weighted by molar-refractivity contribution is 6.43. The maximum Gasteiger partial charge on any atom is 0.320 e. The molecule has 174 valence electrons. The SMILES string of the molecule is CC1=N/C(=C2\CN(C(=O)c3ccc(F)cc3OC3CNC(C(=O)O)C3)CC2=N)NC(C)=C1Cl. The molecular formula is C22H23ClFN5O4. The number of likely N-dealkylation sites (tertiary alicyclic amines) is 1. The van der Waals surface area contributed by atoms with Crippen LogP contribution < -0.4 is 15.4 Å². The highest BCUT2D eigenvalue weighted by Gasteiger charge is 2.34. The predicted octanol–water partition coefficient (Wildman–Crippen LogP) is 2.24. The van der Waals surface area contributed by atoms with Crippen LogP contribution in [0.5, 0.6) is 5.75 Å². The summed E-state index contributed by atoms with van der Waals surface area (Å²) in [5, 5.41) is 23.9. The van der Waals surface area contributed by atoms with Crippen molar-refractivity contribution in [2.24, 2.45) is 4.99 Å². The second-order valence-electron chi connectivity index (χ2n) is 8.14. The van der Waals surface area contributed by atoms with Crippen molar-refractivity contribution in [3.63, 3.8) is 0 Å². The van der Waals surface area contributed by atoms with Gasteiger partial charge in [0, 0.05) is 30.3 Å². The third-order valence-electron chi connectivity index (χ3n) is 5.72. The van der Waals surface area contributed by atoms with E-state index in [4.69, 9.17) is 26.9 Å². The molecule has 0 aromatic heterocycles. The number of aliphatic carboxylic acids is 1. The van der Waals surface area contributed by atoms with E-state index in [1.54, 1.807) is 13.8 Å². The summed E-state index contributed by atoms with van der Waals surface area (Å²) in [6.45, 7) is 4.04. The lowest BCUT2D eigenvalue weighted by molar-refractivity contribution is -0.139. The number of carboxylic acids is 1. The molecule has 9 nitrogen and oxygen atoms in total. The molecule has 4 rings (SSSR count). The van der Waals surface area contributed by atoms with Crippen LogP contribution in [0.15, 0.2) is 45.3 Å². The number of amides is 1. The van der Waals surface area contributed by atoms with Crippen molar-refractivity contribution in [2.75, 3.05) is 19.6 Å². The van der Waals surface area contributed by atoms with Crippen LogP contribution in [-0.4, -0.2) is 65.1 Å². The monoisotopic (exact) mass is 475 g/mol. The first kappa shape index (κ1) is 22.9. The van der Waals surface area contributed by atoms with Crippen molar-refractivity contribution < 1.29 is 23.8 Å². The Kier molecular flexibility index (Phi) is 6.22. The molecule has 1 amide bonds. The van der Waals surface area contributed by atoms with E-state index in [9.17, 15) is 14.0 Å². The van der Waals surface area contributed by atoms with E-state index in [0.29, 0.717) is 27.8 Å². The Labute approximate surface area is 194 Å². The van der Waals surface area contributed by atoms with E-state index < -0.39 is 29.8 Å². The molecule has 11 heteroatoms. The van der Waals surface area contributed by atoms with Gasteiger partial charge in [-0.3, -0.25) is 9.59 Å². The molecule has 33 heavy (non-hydrogen) atoms. The van der Waals surface area contributed by atoms with Gasteiger partial charge in [0.05, 0.1) is 35.1 Å². The van der Waals surface area contributed by atoms with Crippen LogP contribution >= 0.6 is 11.6 Å². The molecule has 2 unspecified atom stereocenters. The number of nitrogens with zero attached hydrogens (tertiary/aromatic N) is 2. The number of carbonyl (C=O) groups is 2. The lowest BCUT2D eigenvalue weighted by Crippen LogP contribution is -2.30. The summed E-state index contributed by atoms with van der Waals surface area (Å²) in [6, 6.07) is 2.87. The minimum Gasteiger partial charge on any atom is -0.488 e. The van der Waals surface area contributed by atoms with Gasteiger partial charge in [0.25, 0.3) is 5.91 Å². The van der Waals surface area contributed by atoms with Crippen LogP contribution in [0.25, 0.3) is 0 Å². The van der Waals surface area contributed by atoms with Gasteiger partial charge < -0.3 is 30.8 Å². The van der Waals surface area contributed by atoms with Gasteiger partial charge in [-0.1, -0.05) is 11.6 Å². The first-order valence-corrected chi connectivity index (χ1v) is 10.7. The molecule has 0 bridgehead atoms. The van der Waals surface area contributed by atoms with E-state index in [-0.39, 0.29) is 43.1 Å². The molecule has 2 atom stereocenters. The standard InChI is InChI=1S/C22H23ClFN5O4/c1-10-19(23)11(2)28-20(27-10)15-8-29(9-16(15)25)21(30)14-4-3-12(24)5-18(14)33-13-6-17(22(31)32)26-7-13/h3-5,13,17,25-27H,6-9H2,1-2H3,(H,31,32)/b20-15+,25-16?. The van der Waals surface area contributed by atoms with Crippen molar-refractivity contribution >= 4 is 34.9 Å². The van der Waals surface area contributed by atoms with Crippen LogP contribution in [0.1, 0.15) is 30.6 Å². The van der Waals surface area contributed by atoms with E-state index in [1.165, 1.54) is 17.0 Å². The molecule has 0 saturated carbocycles. The topological polar surface area (TPSA) is 127 Å². The number of benzene rings is 1. The Morgan fingerprint density at radius 2 is 2.09 bits per heavy atom. The summed E-state index contributed by atoms with van der Waals surface area (Å²) in [5.74, 6) is -1.47. The molecular weight excluding hydrogens is 453 g/mol. The van der Waals surface area contributed by atoms with E-state index >= 15 is 0 Å². The minimum absolute atomic E-state index is 0.0423. The van der Waals surface area contributed by atoms with Gasteiger partial charge >= 0.3 is 5.97 Å². The normalized spacial score (nSPS) is 25.3. The van der Waals surface area contributed by atoms with Crippen LogP contribution in [-0.2, 0) is 4.79 Å². The summed E-state index contributed by atoms with van der Waals surface area (Å²) in [5.41, 5.74) is 2.28. The molecule has 0 radical (unpaired) electrons. The average molecular weight is 476 g/mol. The van der Waals surface area contributed by atoms with Gasteiger partial charge in [0.15, 0.2) is 0 Å². The predicted molar refractivity (Wildman–Crippen MR) is 120 cm³/mol. The Bertz CT molecular complexity index is 1150. The number of aliphatic imine (C=N–C) groups is 1. The second-order valence-corrected chi connectivity index (χ2v) is 8.52. The number of carbonyl (C=O) groups excluding carboxylic acids is 1. The van der Waals surface area contributed by atoms with E-state index in [1.807, 2.05) is 0 Å². The number of hydrogen-bond acceptors (Lipinski definition) is 7. The zero-order valence-electron chi connectivity index (χ0n) is 18.0. The number of allylic oxidation sites excluding steroid dienone is 2. The number of carboxylic acid groups (broad SMARTS) is 1. The summed E-state index contributed by atoms with van der Waals surface area (Å²) in [6.07, 6.45) is -0.319. The van der Waals surface area contributed by atoms with Gasteiger partial charge in [0.1, 0.15) is 29.5 Å². The van der Waals surface area contributed by atoms with Gasteiger partial charge in [0.2, 0.25) is 0 Å². The molecule has 0 aliphatic carbocycles. The Balaban J connectivity index is 1.55. The molecule has 3 aliphatic rings. The number of hydrogen-bond donors (Lipinski definition) is 4. The van der Waals surface area contributed by atoms with E-state index in [0.717, 1.165) is 6.07 Å². The van der Waals surface area contributed by atoms with E-state index in [2.05, 4.69) is 15.6 Å². The Hall–Kier alpha value is -3.24. The first-order chi connectivity index (χ1) is 15.6. The molecule has 1 aromatic carbocycles. The average Bonchev–Trinajstić information content (AvgIpc) is 3.38. The Morgan fingerprint density at radius 1 is 1.33 bits per heavy atom. The summed E-state index contributed by atoms with van der Waals surface area (Å²) < 4.78 is 19.8. The van der Waals surface area contributed by atoms with Crippen molar-refractivity contribution in [3.05, 3.63) is 51.7 Å². The molecule has 3 heterocycles. The molecule has 0 spiro atoms. The van der Waals surface area contributed by atoms with Gasteiger partial charge in [-0.15, -0.1) is 0 Å². The number of ether oxygens (including phenoxy) is 1. The zero-order valence-corrected chi connectivity index (χ0v) is 18.8.